The van der Waals surface area contributed by atoms with Gasteiger partial charge in [0.25, 0.3) is 0 Å². The van der Waals surface area contributed by atoms with E-state index >= 15 is 0 Å². The molecule has 0 bridgehead atoms. The molecule has 0 aliphatic carbocycles. The van der Waals surface area contributed by atoms with Gasteiger partial charge in [-0.25, -0.2) is 0 Å². The largest absolute Gasteiger partial charge is 0.454 e. The topological polar surface area (TPSA) is 21.7 Å². The Hall–Kier alpha value is -2.26. The maximum absolute atomic E-state index is 5.55. The van der Waals surface area contributed by atoms with Crippen LogP contribution in [-0.2, 0) is 6.42 Å². The average molecular weight is 382 g/mol. The van der Waals surface area contributed by atoms with E-state index < -0.39 is 0 Å². The van der Waals surface area contributed by atoms with Crippen molar-refractivity contribution in [1.29, 1.82) is 0 Å². The van der Waals surface area contributed by atoms with Crippen molar-refractivity contribution in [3.63, 3.8) is 0 Å². The first-order chi connectivity index (χ1) is 13.5. The van der Waals surface area contributed by atoms with Crippen molar-refractivity contribution >= 4 is 0 Å². The summed E-state index contributed by atoms with van der Waals surface area (Å²) in [7, 11) is 0. The molecule has 2 rings (SSSR count). The summed E-state index contributed by atoms with van der Waals surface area (Å²) in [6, 6.07) is 6.72. The van der Waals surface area contributed by atoms with E-state index in [1.807, 2.05) is 30.4 Å². The highest BCUT2D eigenvalue weighted by Gasteiger charge is 2.27. The van der Waals surface area contributed by atoms with Gasteiger partial charge >= 0.3 is 0 Å². The van der Waals surface area contributed by atoms with Crippen molar-refractivity contribution in [3.8, 4) is 11.5 Å². The van der Waals surface area contributed by atoms with Crippen molar-refractivity contribution in [1.82, 2.24) is 4.90 Å². The Morgan fingerprint density at radius 2 is 1.75 bits per heavy atom. The molecule has 0 aromatic heterocycles. The standard InChI is InChI=1S/C25H35NO2/c1-6-10-22(26(16-8-3)17-9-4)13-15-25(5,14-7-2)19-21-11-12-23-24(18-21)28-20-27-23/h6-9,11-12,18,22H,1-4,10,13-17,19-20H2,5H3. The maximum atomic E-state index is 5.55. The Bertz CT molecular complexity index is 671. The monoisotopic (exact) mass is 381 g/mol. The van der Waals surface area contributed by atoms with Crippen molar-refractivity contribution in [3.05, 3.63) is 74.4 Å². The fourth-order valence-electron chi connectivity index (χ4n) is 4.02. The summed E-state index contributed by atoms with van der Waals surface area (Å²) < 4.78 is 11.0. The van der Waals surface area contributed by atoms with Gasteiger partial charge in [0.2, 0.25) is 6.79 Å². The SMILES string of the molecule is C=CCC(CCC(C)(CC=C)Cc1ccc2c(c1)OCO2)N(CC=C)CC=C. The minimum Gasteiger partial charge on any atom is -0.454 e. The Morgan fingerprint density at radius 3 is 2.39 bits per heavy atom. The molecule has 28 heavy (non-hydrogen) atoms. The third kappa shape index (κ3) is 6.13. The summed E-state index contributed by atoms with van der Waals surface area (Å²) in [4.78, 5) is 2.43. The zero-order chi connectivity index (χ0) is 20.4. The van der Waals surface area contributed by atoms with Crippen LogP contribution in [0.4, 0.5) is 0 Å². The predicted octanol–water partition coefficient (Wildman–Crippen LogP) is 5.94. The number of ether oxygens (including phenoxy) is 2. The average Bonchev–Trinajstić information content (AvgIpc) is 3.13. The van der Waals surface area contributed by atoms with Gasteiger partial charge in [-0.15, -0.1) is 26.3 Å². The van der Waals surface area contributed by atoms with E-state index in [4.69, 9.17) is 9.47 Å². The molecule has 1 aromatic rings. The van der Waals surface area contributed by atoms with Crippen LogP contribution < -0.4 is 9.47 Å². The molecule has 0 radical (unpaired) electrons. The van der Waals surface area contributed by atoms with Crippen LogP contribution in [0.3, 0.4) is 0 Å². The van der Waals surface area contributed by atoms with Gasteiger partial charge in [-0.05, 0) is 55.2 Å². The van der Waals surface area contributed by atoms with Gasteiger partial charge in [-0.1, -0.05) is 37.3 Å². The number of fused-ring (bicyclic) bond motifs is 1. The van der Waals surface area contributed by atoms with E-state index in [1.165, 1.54) is 5.56 Å². The van der Waals surface area contributed by atoms with Crippen LogP contribution in [0.15, 0.2) is 68.8 Å². The van der Waals surface area contributed by atoms with Gasteiger partial charge in [0.15, 0.2) is 11.5 Å². The van der Waals surface area contributed by atoms with Gasteiger partial charge in [-0.2, -0.15) is 0 Å². The zero-order valence-corrected chi connectivity index (χ0v) is 17.4. The second-order valence-corrected chi connectivity index (χ2v) is 7.92. The Balaban J connectivity index is 2.09. The summed E-state index contributed by atoms with van der Waals surface area (Å²) in [5.41, 5.74) is 1.42. The van der Waals surface area contributed by atoms with E-state index in [0.717, 1.165) is 56.7 Å². The van der Waals surface area contributed by atoms with Crippen molar-refractivity contribution in [2.75, 3.05) is 19.9 Å². The molecule has 2 atom stereocenters. The second-order valence-electron chi connectivity index (χ2n) is 7.92. The highest BCUT2D eigenvalue weighted by Crippen LogP contribution is 2.38. The van der Waals surface area contributed by atoms with Crippen LogP contribution in [0.1, 0.15) is 38.2 Å². The highest BCUT2D eigenvalue weighted by atomic mass is 16.7. The summed E-state index contributed by atoms with van der Waals surface area (Å²) in [6.07, 6.45) is 13.1. The Kier molecular flexibility index (Phi) is 8.59. The van der Waals surface area contributed by atoms with Crippen LogP contribution >= 0.6 is 0 Å². The smallest absolute Gasteiger partial charge is 0.231 e. The molecular weight excluding hydrogens is 346 g/mol. The van der Waals surface area contributed by atoms with Gasteiger partial charge < -0.3 is 9.47 Å². The van der Waals surface area contributed by atoms with Gasteiger partial charge in [0.05, 0.1) is 0 Å². The van der Waals surface area contributed by atoms with E-state index in [0.29, 0.717) is 12.8 Å². The molecular formula is C25H35NO2. The number of nitrogens with zero attached hydrogens (tertiary/aromatic N) is 1. The normalized spacial score (nSPS) is 15.6. The minimum atomic E-state index is 0.142. The number of hydrogen-bond acceptors (Lipinski definition) is 3. The minimum absolute atomic E-state index is 0.142. The molecule has 0 N–H and O–H groups in total. The lowest BCUT2D eigenvalue weighted by Crippen LogP contribution is -2.36. The van der Waals surface area contributed by atoms with Crippen molar-refractivity contribution in [2.24, 2.45) is 5.41 Å². The molecule has 0 amide bonds. The first-order valence-electron chi connectivity index (χ1n) is 10.1. The molecule has 0 saturated carbocycles. The third-order valence-corrected chi connectivity index (χ3v) is 5.47. The maximum Gasteiger partial charge on any atom is 0.231 e. The molecule has 1 aromatic carbocycles. The predicted molar refractivity (Wildman–Crippen MR) is 119 cm³/mol. The molecule has 1 aliphatic heterocycles. The van der Waals surface area contributed by atoms with Crippen LogP contribution in [-0.4, -0.2) is 30.8 Å². The quantitative estimate of drug-likeness (QED) is 0.372. The summed E-state index contributed by atoms with van der Waals surface area (Å²) >= 11 is 0. The molecule has 1 aliphatic rings. The fourth-order valence-corrected chi connectivity index (χ4v) is 4.02. The van der Waals surface area contributed by atoms with Crippen LogP contribution in [0.25, 0.3) is 0 Å². The van der Waals surface area contributed by atoms with E-state index in [9.17, 15) is 0 Å². The molecule has 3 nitrogen and oxygen atoms in total. The van der Waals surface area contributed by atoms with Crippen LogP contribution in [0, 0.1) is 5.41 Å². The number of rotatable bonds is 14. The lowest BCUT2D eigenvalue weighted by molar-refractivity contribution is 0.174. The molecule has 1 heterocycles. The van der Waals surface area contributed by atoms with Crippen molar-refractivity contribution < 1.29 is 9.47 Å². The summed E-state index contributed by atoms with van der Waals surface area (Å²) in [5.74, 6) is 1.69. The number of allylic oxidation sites excluding steroid dienone is 1. The Labute approximate surface area is 171 Å². The molecule has 2 unspecified atom stereocenters. The highest BCUT2D eigenvalue weighted by molar-refractivity contribution is 5.44. The molecule has 0 saturated heterocycles. The molecule has 0 fully saturated rings. The third-order valence-electron chi connectivity index (χ3n) is 5.47. The van der Waals surface area contributed by atoms with E-state index in [-0.39, 0.29) is 5.41 Å². The van der Waals surface area contributed by atoms with Gasteiger partial charge in [0, 0.05) is 19.1 Å². The molecule has 3 heteroatoms. The van der Waals surface area contributed by atoms with Crippen LogP contribution in [0.2, 0.25) is 0 Å². The van der Waals surface area contributed by atoms with Gasteiger partial charge in [-0.3, -0.25) is 4.90 Å². The second kappa shape index (κ2) is 10.9. The first kappa shape index (κ1) is 22.0. The molecule has 152 valence electrons. The first-order valence-corrected chi connectivity index (χ1v) is 10.1. The van der Waals surface area contributed by atoms with E-state index in [2.05, 4.69) is 50.3 Å². The molecule has 0 spiro atoms. The van der Waals surface area contributed by atoms with Crippen LogP contribution in [0.5, 0.6) is 11.5 Å². The Morgan fingerprint density at radius 1 is 1.04 bits per heavy atom. The van der Waals surface area contributed by atoms with Crippen molar-refractivity contribution in [2.45, 2.75) is 45.1 Å². The fraction of sp³-hybridized carbons (Fsp3) is 0.440. The zero-order valence-electron chi connectivity index (χ0n) is 17.4. The lowest BCUT2D eigenvalue weighted by atomic mass is 9.76. The van der Waals surface area contributed by atoms with Gasteiger partial charge in [0.1, 0.15) is 0 Å². The summed E-state index contributed by atoms with van der Waals surface area (Å²) in [5, 5.41) is 0. The van der Waals surface area contributed by atoms with E-state index in [1.54, 1.807) is 0 Å². The number of hydrogen-bond donors (Lipinski definition) is 0. The number of benzene rings is 1. The lowest BCUT2D eigenvalue weighted by Gasteiger charge is -2.34. The summed E-state index contributed by atoms with van der Waals surface area (Å²) in [6.45, 7) is 20.2.